The highest BCUT2D eigenvalue weighted by molar-refractivity contribution is 7.98. The third-order valence-electron chi connectivity index (χ3n) is 5.42. The van der Waals surface area contributed by atoms with Gasteiger partial charge in [-0.05, 0) is 49.6 Å². The number of nitrogens with one attached hydrogen (secondary N) is 1. The molecule has 31 heavy (non-hydrogen) atoms. The summed E-state index contributed by atoms with van der Waals surface area (Å²) in [5.74, 6) is 0.797. The van der Waals surface area contributed by atoms with E-state index in [2.05, 4.69) is 32.7 Å². The summed E-state index contributed by atoms with van der Waals surface area (Å²) in [7, 11) is 0. The molecule has 0 atom stereocenters. The minimum atomic E-state index is 0.0220. The van der Waals surface area contributed by atoms with Crippen LogP contribution in [0.4, 0.5) is 0 Å². The average molecular weight is 472 g/mol. The number of hydrogen-bond donors (Lipinski definition) is 1. The van der Waals surface area contributed by atoms with Crippen molar-refractivity contribution in [3.8, 4) is 0 Å². The van der Waals surface area contributed by atoms with Crippen molar-refractivity contribution in [2.75, 3.05) is 13.1 Å². The van der Waals surface area contributed by atoms with Crippen LogP contribution < -0.4 is 5.32 Å². The molecule has 1 N–H and O–H groups in total. The maximum absolute atomic E-state index is 13.0. The molecule has 2 aromatic carbocycles. The summed E-state index contributed by atoms with van der Waals surface area (Å²) < 4.78 is 0. The summed E-state index contributed by atoms with van der Waals surface area (Å²) in [5, 5.41) is 7.19. The molecule has 1 saturated heterocycles. The normalized spacial score (nSPS) is 15.2. The molecule has 0 spiro atoms. The zero-order valence-corrected chi connectivity index (χ0v) is 19.9. The fourth-order valence-electron chi connectivity index (χ4n) is 3.75. The number of halogens is 1. The molecule has 1 aliphatic heterocycles. The first-order chi connectivity index (χ1) is 15.1. The van der Waals surface area contributed by atoms with Crippen molar-refractivity contribution in [3.63, 3.8) is 0 Å². The van der Waals surface area contributed by atoms with Crippen LogP contribution in [0.3, 0.4) is 0 Å². The van der Waals surface area contributed by atoms with Crippen molar-refractivity contribution in [3.05, 3.63) is 80.8 Å². The first kappa shape index (κ1) is 22.3. The van der Waals surface area contributed by atoms with Crippen LogP contribution in [0.25, 0.3) is 0 Å². The summed E-state index contributed by atoms with van der Waals surface area (Å²) in [6.45, 7) is 4.90. The number of carbonyl (C=O) groups excluding carboxylic acids is 1. The van der Waals surface area contributed by atoms with E-state index >= 15 is 0 Å². The molecule has 0 aliphatic carbocycles. The number of carbonyl (C=O) groups is 1. The van der Waals surface area contributed by atoms with E-state index in [4.69, 9.17) is 11.6 Å². The highest BCUT2D eigenvalue weighted by atomic mass is 35.5. The van der Waals surface area contributed by atoms with Crippen LogP contribution in [0, 0.1) is 6.92 Å². The third-order valence-corrected chi connectivity index (χ3v) is 7.60. The SMILES string of the molecule is Cc1nc(CSc2ccccc2C(=O)NC2CCN(Cc3ccc(Cl)cc3)CC2)cs1. The molecule has 1 fully saturated rings. The van der Waals surface area contributed by atoms with Gasteiger partial charge < -0.3 is 5.32 Å². The molecule has 7 heteroatoms. The number of amides is 1. The molecule has 4 nitrogen and oxygen atoms in total. The van der Waals surface area contributed by atoms with Crippen molar-refractivity contribution in [2.45, 2.75) is 43.0 Å². The van der Waals surface area contributed by atoms with Crippen LogP contribution in [-0.4, -0.2) is 34.9 Å². The molecule has 0 saturated carbocycles. The maximum Gasteiger partial charge on any atom is 0.252 e. The smallest absolute Gasteiger partial charge is 0.252 e. The molecule has 162 valence electrons. The Bertz CT molecular complexity index is 1010. The number of aromatic nitrogens is 1. The van der Waals surface area contributed by atoms with Gasteiger partial charge in [-0.1, -0.05) is 35.9 Å². The number of thiazole rings is 1. The number of thioether (sulfide) groups is 1. The number of piperidine rings is 1. The van der Waals surface area contributed by atoms with Crippen molar-refractivity contribution in [2.24, 2.45) is 0 Å². The molecule has 1 amide bonds. The highest BCUT2D eigenvalue weighted by Crippen LogP contribution is 2.27. The Morgan fingerprint density at radius 1 is 1.19 bits per heavy atom. The lowest BCUT2D eigenvalue weighted by Crippen LogP contribution is -2.44. The summed E-state index contributed by atoms with van der Waals surface area (Å²) in [5.41, 5.74) is 3.09. The van der Waals surface area contributed by atoms with Gasteiger partial charge in [0.2, 0.25) is 0 Å². The zero-order chi connectivity index (χ0) is 21.6. The predicted octanol–water partition coefficient (Wildman–Crippen LogP) is 5.79. The van der Waals surface area contributed by atoms with E-state index < -0.39 is 0 Å². The van der Waals surface area contributed by atoms with Gasteiger partial charge in [0.15, 0.2) is 0 Å². The molecule has 1 aliphatic rings. The van der Waals surface area contributed by atoms with E-state index in [1.807, 2.05) is 43.3 Å². The van der Waals surface area contributed by atoms with E-state index in [1.165, 1.54) is 5.56 Å². The molecule has 2 heterocycles. The van der Waals surface area contributed by atoms with E-state index in [0.717, 1.165) is 64.4 Å². The third kappa shape index (κ3) is 6.32. The quantitative estimate of drug-likeness (QED) is 0.443. The summed E-state index contributed by atoms with van der Waals surface area (Å²) in [6, 6.07) is 16.1. The molecule has 1 aromatic heterocycles. The largest absolute Gasteiger partial charge is 0.349 e. The molecular formula is C24H26ClN3OS2. The first-order valence-corrected chi connectivity index (χ1v) is 12.7. The van der Waals surface area contributed by atoms with Gasteiger partial charge in [-0.25, -0.2) is 4.98 Å². The highest BCUT2D eigenvalue weighted by Gasteiger charge is 2.22. The van der Waals surface area contributed by atoms with E-state index in [0.29, 0.717) is 0 Å². The van der Waals surface area contributed by atoms with E-state index in [9.17, 15) is 4.79 Å². The van der Waals surface area contributed by atoms with Crippen LogP contribution >= 0.6 is 34.7 Å². The summed E-state index contributed by atoms with van der Waals surface area (Å²) in [4.78, 5) is 21.0. The van der Waals surface area contributed by atoms with E-state index in [1.54, 1.807) is 23.1 Å². The van der Waals surface area contributed by atoms with Crippen molar-refractivity contribution < 1.29 is 4.79 Å². The van der Waals surface area contributed by atoms with E-state index in [-0.39, 0.29) is 11.9 Å². The number of likely N-dealkylation sites (tertiary alicyclic amines) is 1. The average Bonchev–Trinajstić information content (AvgIpc) is 3.20. The molecule has 3 aromatic rings. The monoisotopic (exact) mass is 471 g/mol. The second-order valence-electron chi connectivity index (χ2n) is 7.79. The van der Waals surface area contributed by atoms with Gasteiger partial charge in [-0.15, -0.1) is 23.1 Å². The van der Waals surface area contributed by atoms with Gasteiger partial charge >= 0.3 is 0 Å². The van der Waals surface area contributed by atoms with Crippen LogP contribution in [0.1, 0.15) is 39.5 Å². The molecular weight excluding hydrogens is 446 g/mol. The second-order valence-corrected chi connectivity index (χ2v) is 10.3. The molecule has 0 unspecified atom stereocenters. The Labute approximate surface area is 197 Å². The topological polar surface area (TPSA) is 45.2 Å². The predicted molar refractivity (Wildman–Crippen MR) is 130 cm³/mol. The Balaban J connectivity index is 1.29. The van der Waals surface area contributed by atoms with Crippen LogP contribution in [-0.2, 0) is 12.3 Å². The Morgan fingerprint density at radius 2 is 1.94 bits per heavy atom. The van der Waals surface area contributed by atoms with Crippen molar-refractivity contribution in [1.82, 2.24) is 15.2 Å². The van der Waals surface area contributed by atoms with Crippen molar-refractivity contribution in [1.29, 1.82) is 0 Å². The Morgan fingerprint density at radius 3 is 2.65 bits per heavy atom. The zero-order valence-electron chi connectivity index (χ0n) is 17.5. The fraction of sp³-hybridized carbons (Fsp3) is 0.333. The van der Waals surface area contributed by atoms with Crippen molar-refractivity contribution >= 4 is 40.6 Å². The number of benzene rings is 2. The molecule has 0 radical (unpaired) electrons. The Kier molecular flexibility index (Phi) is 7.67. The number of rotatable bonds is 7. The summed E-state index contributed by atoms with van der Waals surface area (Å²) >= 11 is 9.31. The Hall–Kier alpha value is -1.86. The minimum Gasteiger partial charge on any atom is -0.349 e. The number of nitrogens with zero attached hydrogens (tertiary/aromatic N) is 2. The van der Waals surface area contributed by atoms with Crippen LogP contribution in [0.15, 0.2) is 58.8 Å². The minimum absolute atomic E-state index is 0.0220. The standard InChI is InChI=1S/C24H26ClN3OS2/c1-17-26-21(15-30-17)16-31-23-5-3-2-4-22(23)24(29)27-20-10-12-28(13-11-20)14-18-6-8-19(25)9-7-18/h2-9,15,20H,10-14,16H2,1H3,(H,27,29). The second kappa shape index (κ2) is 10.6. The van der Waals surface area contributed by atoms with Crippen LogP contribution in [0.5, 0.6) is 0 Å². The lowest BCUT2D eigenvalue weighted by Gasteiger charge is -2.32. The van der Waals surface area contributed by atoms with Gasteiger partial charge in [0, 0.05) is 46.7 Å². The maximum atomic E-state index is 13.0. The summed E-state index contributed by atoms with van der Waals surface area (Å²) in [6.07, 6.45) is 1.93. The molecule has 0 bridgehead atoms. The first-order valence-electron chi connectivity index (χ1n) is 10.5. The van der Waals surface area contributed by atoms with Gasteiger partial charge in [0.1, 0.15) is 0 Å². The lowest BCUT2D eigenvalue weighted by atomic mass is 10.0. The van der Waals surface area contributed by atoms with Gasteiger partial charge in [0.05, 0.1) is 16.3 Å². The number of aryl methyl sites for hydroxylation is 1. The van der Waals surface area contributed by atoms with Gasteiger partial charge in [-0.2, -0.15) is 0 Å². The van der Waals surface area contributed by atoms with Gasteiger partial charge in [-0.3, -0.25) is 9.69 Å². The van der Waals surface area contributed by atoms with Crippen LogP contribution in [0.2, 0.25) is 5.02 Å². The number of hydrogen-bond acceptors (Lipinski definition) is 5. The molecule has 4 rings (SSSR count). The van der Waals surface area contributed by atoms with Gasteiger partial charge in [0.25, 0.3) is 5.91 Å². The fourth-order valence-corrected chi connectivity index (χ4v) is 5.54. The lowest BCUT2D eigenvalue weighted by molar-refractivity contribution is 0.0906.